The summed E-state index contributed by atoms with van der Waals surface area (Å²) in [5.74, 6) is -0.243. The molecule has 35 heavy (non-hydrogen) atoms. The summed E-state index contributed by atoms with van der Waals surface area (Å²) in [6.07, 6.45) is 3.30. The lowest BCUT2D eigenvalue weighted by Crippen LogP contribution is -2.32. The van der Waals surface area contributed by atoms with Crippen molar-refractivity contribution < 1.29 is 19.5 Å². The van der Waals surface area contributed by atoms with Crippen LogP contribution in [0, 0.1) is 29.6 Å². The fourth-order valence-electron chi connectivity index (χ4n) is 5.17. The lowest BCUT2D eigenvalue weighted by atomic mass is 9.79. The van der Waals surface area contributed by atoms with E-state index in [1.165, 1.54) is 5.56 Å². The highest BCUT2D eigenvalue weighted by molar-refractivity contribution is 5.90. The Labute approximate surface area is 211 Å². The Morgan fingerprint density at radius 1 is 1.03 bits per heavy atom. The van der Waals surface area contributed by atoms with Crippen LogP contribution in [0.4, 0.5) is 0 Å². The van der Waals surface area contributed by atoms with Crippen LogP contribution in [0.1, 0.15) is 84.3 Å². The van der Waals surface area contributed by atoms with Crippen molar-refractivity contribution in [1.82, 2.24) is 5.32 Å². The van der Waals surface area contributed by atoms with Crippen molar-refractivity contribution in [3.05, 3.63) is 47.7 Å². The third-order valence-electron chi connectivity index (χ3n) is 6.99. The predicted octanol–water partition coefficient (Wildman–Crippen LogP) is 5.44. The van der Waals surface area contributed by atoms with Gasteiger partial charge in [-0.15, -0.1) is 0 Å². The molecule has 1 aliphatic heterocycles. The van der Waals surface area contributed by atoms with E-state index in [4.69, 9.17) is 0 Å². The molecule has 4 unspecified atom stereocenters. The van der Waals surface area contributed by atoms with Gasteiger partial charge in [0.25, 0.3) is 0 Å². The van der Waals surface area contributed by atoms with E-state index in [0.29, 0.717) is 49.6 Å². The van der Waals surface area contributed by atoms with Gasteiger partial charge in [0.1, 0.15) is 11.6 Å². The van der Waals surface area contributed by atoms with Gasteiger partial charge in [-0.2, -0.15) is 0 Å². The zero-order valence-electron chi connectivity index (χ0n) is 22.3. The van der Waals surface area contributed by atoms with E-state index in [9.17, 15) is 19.5 Å². The number of hydrogen-bond donors (Lipinski definition) is 2. The van der Waals surface area contributed by atoms with Gasteiger partial charge in [-0.3, -0.25) is 14.4 Å². The van der Waals surface area contributed by atoms with Crippen LogP contribution >= 0.6 is 0 Å². The smallest absolute Gasteiger partial charge is 0.228 e. The number of carbonyl (C=O) groups excluding carboxylic acids is 3. The van der Waals surface area contributed by atoms with Crippen LogP contribution in [0.3, 0.4) is 0 Å². The molecule has 4 atom stereocenters. The van der Waals surface area contributed by atoms with Gasteiger partial charge in [0.15, 0.2) is 0 Å². The second kappa shape index (κ2) is 13.7. The van der Waals surface area contributed by atoms with Gasteiger partial charge in [0.2, 0.25) is 5.91 Å². The van der Waals surface area contributed by atoms with Crippen LogP contribution in [0.15, 0.2) is 36.5 Å². The average molecular weight is 484 g/mol. The van der Waals surface area contributed by atoms with Gasteiger partial charge < -0.3 is 10.4 Å². The first kappa shape index (κ1) is 29.0. The molecular formula is C30H45NO4. The lowest BCUT2D eigenvalue weighted by molar-refractivity contribution is -0.130. The molecule has 1 fully saturated rings. The van der Waals surface area contributed by atoms with E-state index < -0.39 is 6.10 Å². The zero-order valence-corrected chi connectivity index (χ0v) is 22.3. The molecule has 1 heterocycles. The minimum absolute atomic E-state index is 0.0261. The maximum Gasteiger partial charge on any atom is 0.228 e. The highest BCUT2D eigenvalue weighted by atomic mass is 16.3. The second-order valence-corrected chi connectivity index (χ2v) is 11.3. The number of aliphatic hydroxyl groups is 1. The molecule has 5 heteroatoms. The lowest BCUT2D eigenvalue weighted by Gasteiger charge is -2.28. The molecule has 0 aliphatic carbocycles. The van der Waals surface area contributed by atoms with Crippen molar-refractivity contribution in [2.75, 3.05) is 0 Å². The first-order valence-electron chi connectivity index (χ1n) is 13.3. The highest BCUT2D eigenvalue weighted by Gasteiger charge is 2.34. The summed E-state index contributed by atoms with van der Waals surface area (Å²) in [6, 6.07) is 8.14. The summed E-state index contributed by atoms with van der Waals surface area (Å²) in [6.45, 7) is 14.2. The zero-order chi connectivity index (χ0) is 26.1. The Morgan fingerprint density at radius 2 is 1.63 bits per heavy atom. The Hall–Kier alpha value is -2.27. The molecule has 1 saturated heterocycles. The summed E-state index contributed by atoms with van der Waals surface area (Å²) in [4.78, 5) is 38.2. The number of aryl methyl sites for hydroxylation is 1. The number of carbonyl (C=O) groups is 3. The Balaban J connectivity index is 2.05. The van der Waals surface area contributed by atoms with Crippen molar-refractivity contribution in [1.29, 1.82) is 0 Å². The van der Waals surface area contributed by atoms with Gasteiger partial charge >= 0.3 is 0 Å². The maximum absolute atomic E-state index is 13.2. The van der Waals surface area contributed by atoms with Crippen LogP contribution in [0.5, 0.6) is 0 Å². The molecular weight excluding hydrogens is 438 g/mol. The first-order valence-corrected chi connectivity index (χ1v) is 13.3. The quantitative estimate of drug-likeness (QED) is 0.348. The molecule has 1 amide bonds. The summed E-state index contributed by atoms with van der Waals surface area (Å²) in [7, 11) is 0. The van der Waals surface area contributed by atoms with Gasteiger partial charge in [0, 0.05) is 30.9 Å². The molecule has 194 valence electrons. The van der Waals surface area contributed by atoms with Gasteiger partial charge in [0.05, 0.1) is 12.0 Å². The minimum atomic E-state index is -0.733. The average Bonchev–Trinajstić information content (AvgIpc) is 3.08. The number of Topliss-reactive ketones (excluding diaryl/α,β-unsaturated/α-hetero) is 2. The number of allylic oxidation sites excluding steroid dienone is 1. The number of nitrogens with one attached hydrogen (secondary N) is 1. The maximum atomic E-state index is 13.2. The standard InChI is InChI=1S/C30H45NO4/c1-7-22-8-10-23(11-9-22)15-27(32)16-24(12-19(2)3)28(33)17-25(13-20(4)5)29(34)18-26-14-21(6)31-30(26)35/h8-11,19-20,24-26,28,33H,6-7,12-18H2,1-5H3,(H,31,35). The normalized spacial score (nSPS) is 18.6. The summed E-state index contributed by atoms with van der Waals surface area (Å²) >= 11 is 0. The fraction of sp³-hybridized carbons (Fsp3) is 0.633. The number of rotatable bonds is 15. The third kappa shape index (κ3) is 9.71. The van der Waals surface area contributed by atoms with Gasteiger partial charge in [-0.05, 0) is 61.0 Å². The molecule has 1 aliphatic rings. The van der Waals surface area contributed by atoms with E-state index in [2.05, 4.69) is 58.6 Å². The highest BCUT2D eigenvalue weighted by Crippen LogP contribution is 2.30. The van der Waals surface area contributed by atoms with Crippen LogP contribution in [-0.2, 0) is 27.2 Å². The summed E-state index contributed by atoms with van der Waals surface area (Å²) < 4.78 is 0. The van der Waals surface area contributed by atoms with Crippen LogP contribution < -0.4 is 5.32 Å². The molecule has 0 spiro atoms. The Morgan fingerprint density at radius 3 is 2.14 bits per heavy atom. The number of aliphatic hydroxyl groups excluding tert-OH is 1. The third-order valence-corrected chi connectivity index (χ3v) is 6.99. The van der Waals surface area contributed by atoms with Crippen molar-refractivity contribution in [3.63, 3.8) is 0 Å². The van der Waals surface area contributed by atoms with Crippen LogP contribution in [0.2, 0.25) is 0 Å². The first-order chi connectivity index (χ1) is 16.5. The molecule has 5 nitrogen and oxygen atoms in total. The molecule has 2 rings (SSSR count). The molecule has 0 bridgehead atoms. The number of amides is 1. The predicted molar refractivity (Wildman–Crippen MR) is 141 cm³/mol. The summed E-state index contributed by atoms with van der Waals surface area (Å²) in [5.41, 5.74) is 2.90. The minimum Gasteiger partial charge on any atom is -0.393 e. The molecule has 2 N–H and O–H groups in total. The molecule has 1 aromatic rings. The Bertz CT molecular complexity index is 871. The number of benzene rings is 1. The van der Waals surface area contributed by atoms with Crippen molar-refractivity contribution in [2.24, 2.45) is 29.6 Å². The second-order valence-electron chi connectivity index (χ2n) is 11.3. The Kier molecular flexibility index (Phi) is 11.4. The van der Waals surface area contributed by atoms with Crippen molar-refractivity contribution in [2.45, 2.75) is 92.1 Å². The van der Waals surface area contributed by atoms with Crippen molar-refractivity contribution >= 4 is 17.5 Å². The van der Waals surface area contributed by atoms with E-state index in [1.54, 1.807) is 0 Å². The van der Waals surface area contributed by atoms with Gasteiger partial charge in [-0.25, -0.2) is 0 Å². The molecule has 0 radical (unpaired) electrons. The molecule has 0 aromatic heterocycles. The number of hydrogen-bond acceptors (Lipinski definition) is 4. The molecule has 1 aromatic carbocycles. The molecule has 0 saturated carbocycles. The van der Waals surface area contributed by atoms with Crippen LogP contribution in [-0.4, -0.2) is 28.7 Å². The van der Waals surface area contributed by atoms with Crippen LogP contribution in [0.25, 0.3) is 0 Å². The monoisotopic (exact) mass is 483 g/mol. The fourth-order valence-corrected chi connectivity index (χ4v) is 5.17. The summed E-state index contributed by atoms with van der Waals surface area (Å²) in [5, 5.41) is 13.9. The topological polar surface area (TPSA) is 83.5 Å². The van der Waals surface area contributed by atoms with E-state index in [1.807, 2.05) is 12.1 Å². The van der Waals surface area contributed by atoms with E-state index >= 15 is 0 Å². The van der Waals surface area contributed by atoms with E-state index in [0.717, 1.165) is 18.4 Å². The van der Waals surface area contributed by atoms with E-state index in [-0.39, 0.29) is 41.6 Å². The largest absolute Gasteiger partial charge is 0.393 e. The van der Waals surface area contributed by atoms with Gasteiger partial charge in [-0.1, -0.05) is 65.5 Å². The number of ketones is 2. The van der Waals surface area contributed by atoms with Crippen molar-refractivity contribution in [3.8, 4) is 0 Å². The SMILES string of the molecule is C=C1CC(CC(=O)C(CC(C)C)CC(O)C(CC(=O)Cc2ccc(CC)cc2)CC(C)C)C(=O)N1.